The minimum absolute atomic E-state index is 0.0183. The Morgan fingerprint density at radius 1 is 1.33 bits per heavy atom. The molecule has 24 heavy (non-hydrogen) atoms. The van der Waals surface area contributed by atoms with Crippen molar-refractivity contribution in [3.63, 3.8) is 0 Å². The van der Waals surface area contributed by atoms with Crippen LogP contribution in [0.2, 0.25) is 0 Å². The Morgan fingerprint density at radius 2 is 2.04 bits per heavy atom. The van der Waals surface area contributed by atoms with Crippen molar-refractivity contribution < 1.29 is 27.5 Å². The normalized spacial score (nSPS) is 11.5. The number of aliphatic carboxylic acids is 1. The van der Waals surface area contributed by atoms with Crippen LogP contribution in [0.15, 0.2) is 27.6 Å². The molecule has 0 aliphatic rings. The van der Waals surface area contributed by atoms with E-state index < -0.39 is 22.6 Å². The standard InChI is InChI=1S/C15H18N2O6S/c1-9-4-5-13(10(2)15(9)22-8-14(18)19)24(20,21)17-7-12-6-16-11(3)23-12/h4-6,17H,7-8H2,1-3H3,(H,18,19). The Kier molecular flexibility index (Phi) is 5.25. The fraction of sp³-hybridized carbons (Fsp3) is 0.333. The lowest BCUT2D eigenvalue weighted by Gasteiger charge is -2.15. The van der Waals surface area contributed by atoms with E-state index in [4.69, 9.17) is 14.3 Å². The summed E-state index contributed by atoms with van der Waals surface area (Å²) in [4.78, 5) is 14.6. The average molecular weight is 354 g/mol. The maximum absolute atomic E-state index is 12.5. The molecular formula is C15H18N2O6S. The van der Waals surface area contributed by atoms with E-state index >= 15 is 0 Å². The third-order valence-electron chi connectivity index (χ3n) is 3.29. The summed E-state index contributed by atoms with van der Waals surface area (Å²) in [5, 5.41) is 8.73. The number of sulfonamides is 1. The smallest absolute Gasteiger partial charge is 0.341 e. The van der Waals surface area contributed by atoms with E-state index in [0.29, 0.717) is 22.8 Å². The molecule has 0 fully saturated rings. The van der Waals surface area contributed by atoms with Crippen LogP contribution in [0, 0.1) is 20.8 Å². The quantitative estimate of drug-likeness (QED) is 0.774. The fourth-order valence-corrected chi connectivity index (χ4v) is 3.42. The molecular weight excluding hydrogens is 336 g/mol. The number of aromatic nitrogens is 1. The van der Waals surface area contributed by atoms with Gasteiger partial charge in [-0.15, -0.1) is 0 Å². The van der Waals surface area contributed by atoms with Gasteiger partial charge in [0.05, 0.1) is 17.6 Å². The van der Waals surface area contributed by atoms with Crippen LogP contribution >= 0.6 is 0 Å². The lowest BCUT2D eigenvalue weighted by molar-refractivity contribution is -0.139. The highest BCUT2D eigenvalue weighted by Crippen LogP contribution is 2.29. The molecule has 0 unspecified atom stereocenters. The third kappa shape index (κ3) is 4.12. The predicted molar refractivity (Wildman–Crippen MR) is 84.3 cm³/mol. The van der Waals surface area contributed by atoms with Crippen molar-refractivity contribution in [3.8, 4) is 5.75 Å². The molecule has 0 aliphatic heterocycles. The molecule has 0 saturated carbocycles. The molecule has 2 aromatic rings. The molecule has 0 atom stereocenters. The monoisotopic (exact) mass is 354 g/mol. The van der Waals surface area contributed by atoms with E-state index in [1.165, 1.54) is 12.3 Å². The molecule has 0 spiro atoms. The van der Waals surface area contributed by atoms with Gasteiger partial charge in [0.1, 0.15) is 11.5 Å². The summed E-state index contributed by atoms with van der Waals surface area (Å²) in [6, 6.07) is 3.02. The van der Waals surface area contributed by atoms with Gasteiger partial charge in [0.2, 0.25) is 10.0 Å². The molecule has 130 valence electrons. The van der Waals surface area contributed by atoms with E-state index in [2.05, 4.69) is 9.71 Å². The number of benzene rings is 1. The van der Waals surface area contributed by atoms with Crippen LogP contribution < -0.4 is 9.46 Å². The number of aryl methyl sites for hydroxylation is 2. The number of ether oxygens (including phenoxy) is 1. The second-order valence-corrected chi connectivity index (χ2v) is 6.92. The van der Waals surface area contributed by atoms with Crippen molar-refractivity contribution in [2.24, 2.45) is 0 Å². The first-order valence-corrected chi connectivity index (χ1v) is 8.55. The van der Waals surface area contributed by atoms with Crippen molar-refractivity contribution in [1.82, 2.24) is 9.71 Å². The van der Waals surface area contributed by atoms with Crippen LogP contribution in [0.1, 0.15) is 22.8 Å². The van der Waals surface area contributed by atoms with Gasteiger partial charge in [0.25, 0.3) is 0 Å². The molecule has 0 aliphatic carbocycles. The highest BCUT2D eigenvalue weighted by Gasteiger charge is 2.21. The first-order chi connectivity index (χ1) is 11.2. The highest BCUT2D eigenvalue weighted by molar-refractivity contribution is 7.89. The van der Waals surface area contributed by atoms with Crippen LogP contribution in [-0.2, 0) is 21.4 Å². The predicted octanol–water partition coefficient (Wildman–Crippen LogP) is 1.54. The molecule has 1 heterocycles. The Labute approximate surface area is 139 Å². The maximum atomic E-state index is 12.5. The summed E-state index contributed by atoms with van der Waals surface area (Å²) >= 11 is 0. The van der Waals surface area contributed by atoms with Crippen molar-refractivity contribution in [2.45, 2.75) is 32.2 Å². The lowest BCUT2D eigenvalue weighted by Crippen LogP contribution is -2.24. The SMILES string of the molecule is Cc1ncc(CNS(=O)(=O)c2ccc(C)c(OCC(=O)O)c2C)o1. The summed E-state index contributed by atoms with van der Waals surface area (Å²) in [6.45, 7) is 4.36. The summed E-state index contributed by atoms with van der Waals surface area (Å²) in [6.07, 6.45) is 1.45. The van der Waals surface area contributed by atoms with Gasteiger partial charge in [-0.1, -0.05) is 6.07 Å². The zero-order valence-electron chi connectivity index (χ0n) is 13.5. The number of nitrogens with one attached hydrogen (secondary N) is 1. The molecule has 1 aromatic heterocycles. The summed E-state index contributed by atoms with van der Waals surface area (Å²) < 4.78 is 37.8. The van der Waals surface area contributed by atoms with E-state index in [-0.39, 0.29) is 17.2 Å². The van der Waals surface area contributed by atoms with E-state index in [1.807, 2.05) is 0 Å². The number of hydrogen-bond donors (Lipinski definition) is 2. The first-order valence-electron chi connectivity index (χ1n) is 7.06. The van der Waals surface area contributed by atoms with Crippen molar-refractivity contribution in [1.29, 1.82) is 0 Å². The first kappa shape index (κ1) is 18.0. The Bertz CT molecular complexity index is 857. The molecule has 2 rings (SSSR count). The number of carboxylic acid groups (broad SMARTS) is 1. The topological polar surface area (TPSA) is 119 Å². The van der Waals surface area contributed by atoms with Gasteiger partial charge in [0, 0.05) is 12.5 Å². The molecule has 1 aromatic carbocycles. The maximum Gasteiger partial charge on any atom is 0.341 e. The molecule has 0 radical (unpaired) electrons. The van der Waals surface area contributed by atoms with Gasteiger partial charge in [0.15, 0.2) is 12.5 Å². The number of oxazole rings is 1. The summed E-state index contributed by atoms with van der Waals surface area (Å²) in [7, 11) is -3.82. The van der Waals surface area contributed by atoms with Crippen molar-refractivity contribution >= 4 is 16.0 Å². The van der Waals surface area contributed by atoms with Gasteiger partial charge in [-0.05, 0) is 25.5 Å². The molecule has 0 saturated heterocycles. The molecule has 0 bridgehead atoms. The number of carbonyl (C=O) groups is 1. The van der Waals surface area contributed by atoms with Crippen molar-refractivity contribution in [2.75, 3.05) is 6.61 Å². The van der Waals surface area contributed by atoms with Crippen LogP contribution in [0.3, 0.4) is 0 Å². The second kappa shape index (κ2) is 7.02. The molecule has 2 N–H and O–H groups in total. The van der Waals surface area contributed by atoms with E-state index in [1.54, 1.807) is 26.8 Å². The third-order valence-corrected chi connectivity index (χ3v) is 4.83. The summed E-state index contributed by atoms with van der Waals surface area (Å²) in [5.41, 5.74) is 0.996. The van der Waals surface area contributed by atoms with Crippen LogP contribution in [0.4, 0.5) is 0 Å². The molecule has 0 amide bonds. The van der Waals surface area contributed by atoms with E-state index in [9.17, 15) is 13.2 Å². The van der Waals surface area contributed by atoms with Gasteiger partial charge < -0.3 is 14.3 Å². The van der Waals surface area contributed by atoms with Crippen LogP contribution in [0.25, 0.3) is 0 Å². The Hall–Kier alpha value is -2.39. The van der Waals surface area contributed by atoms with Crippen molar-refractivity contribution in [3.05, 3.63) is 41.1 Å². The average Bonchev–Trinajstić information content (AvgIpc) is 2.90. The van der Waals surface area contributed by atoms with Crippen LogP contribution in [0.5, 0.6) is 5.75 Å². The molecule has 9 heteroatoms. The largest absolute Gasteiger partial charge is 0.481 e. The number of rotatable bonds is 7. The number of nitrogens with zero attached hydrogens (tertiary/aromatic N) is 1. The highest BCUT2D eigenvalue weighted by atomic mass is 32.2. The summed E-state index contributed by atoms with van der Waals surface area (Å²) in [5.74, 6) is -0.0556. The minimum Gasteiger partial charge on any atom is -0.481 e. The fourth-order valence-electron chi connectivity index (χ4n) is 2.19. The van der Waals surface area contributed by atoms with Gasteiger partial charge in [-0.2, -0.15) is 0 Å². The Morgan fingerprint density at radius 3 is 2.62 bits per heavy atom. The van der Waals surface area contributed by atoms with E-state index in [0.717, 1.165) is 0 Å². The zero-order chi connectivity index (χ0) is 17.9. The minimum atomic E-state index is -3.82. The van der Waals surface area contributed by atoms with Gasteiger partial charge >= 0.3 is 5.97 Å². The second-order valence-electron chi connectivity index (χ2n) is 5.19. The zero-order valence-corrected chi connectivity index (χ0v) is 14.3. The molecule has 8 nitrogen and oxygen atoms in total. The Balaban J connectivity index is 2.25. The number of hydrogen-bond acceptors (Lipinski definition) is 6. The lowest BCUT2D eigenvalue weighted by atomic mass is 10.1. The van der Waals surface area contributed by atoms with Gasteiger partial charge in [-0.3, -0.25) is 0 Å². The number of carboxylic acids is 1. The van der Waals surface area contributed by atoms with Crippen LogP contribution in [-0.4, -0.2) is 31.1 Å². The van der Waals surface area contributed by atoms with Gasteiger partial charge in [-0.25, -0.2) is 22.9 Å².